The molecule has 2 N–H and O–H groups in total. The lowest BCUT2D eigenvalue weighted by Gasteiger charge is -2.27. The third-order valence-corrected chi connectivity index (χ3v) is 5.70. The molecule has 0 saturated heterocycles. The number of hydrogen-bond acceptors (Lipinski definition) is 5. The molecule has 1 amide bonds. The molecule has 0 saturated carbocycles. The SMILES string of the molecule is CN(CC(=O)O)C(=O)CC(C)(C)CNC(=S)n1c(C=O)cc2oc(-c3ccc(Cl)cc3)cc21. The van der Waals surface area contributed by atoms with E-state index in [4.69, 9.17) is 33.3 Å². The Morgan fingerprint density at radius 1 is 1.27 bits per heavy atom. The van der Waals surface area contributed by atoms with Gasteiger partial charge in [0.25, 0.3) is 0 Å². The summed E-state index contributed by atoms with van der Waals surface area (Å²) in [5, 5.41) is 12.9. The van der Waals surface area contributed by atoms with Crippen molar-refractivity contribution >= 4 is 58.2 Å². The van der Waals surface area contributed by atoms with Gasteiger partial charge in [-0.3, -0.25) is 19.0 Å². The number of hydrogen-bond donors (Lipinski definition) is 2. The molecule has 2 heterocycles. The topological polar surface area (TPSA) is 105 Å². The summed E-state index contributed by atoms with van der Waals surface area (Å²) in [5.74, 6) is -0.744. The highest BCUT2D eigenvalue weighted by atomic mass is 35.5. The van der Waals surface area contributed by atoms with E-state index in [0.717, 1.165) is 5.56 Å². The van der Waals surface area contributed by atoms with E-state index in [1.54, 1.807) is 28.8 Å². The Bertz CT molecular complexity index is 1210. The molecular weight excluding hydrogens is 466 g/mol. The quantitative estimate of drug-likeness (QED) is 0.363. The molecule has 0 fully saturated rings. The number of aldehydes is 1. The number of nitrogens with zero attached hydrogens (tertiary/aromatic N) is 2. The lowest BCUT2D eigenvalue weighted by Crippen LogP contribution is -2.41. The van der Waals surface area contributed by atoms with Gasteiger partial charge in [-0.05, 0) is 41.9 Å². The van der Waals surface area contributed by atoms with Crippen LogP contribution in [0.15, 0.2) is 40.8 Å². The molecule has 0 radical (unpaired) electrons. The smallest absolute Gasteiger partial charge is 0.323 e. The van der Waals surface area contributed by atoms with Gasteiger partial charge in [0.05, 0.1) is 11.2 Å². The summed E-state index contributed by atoms with van der Waals surface area (Å²) < 4.78 is 7.51. The molecule has 2 aromatic heterocycles. The zero-order chi connectivity index (χ0) is 24.3. The van der Waals surface area contributed by atoms with Gasteiger partial charge in [-0.1, -0.05) is 25.4 Å². The van der Waals surface area contributed by atoms with Crippen LogP contribution in [0.3, 0.4) is 0 Å². The number of carboxylic acid groups (broad SMARTS) is 1. The zero-order valence-electron chi connectivity index (χ0n) is 18.4. The molecular formula is C23H24ClN3O5S. The van der Waals surface area contributed by atoms with Gasteiger partial charge >= 0.3 is 5.97 Å². The first-order valence-corrected chi connectivity index (χ1v) is 10.9. The highest BCUT2D eigenvalue weighted by Crippen LogP contribution is 2.31. The lowest BCUT2D eigenvalue weighted by molar-refractivity contribution is -0.144. The maximum Gasteiger partial charge on any atom is 0.323 e. The number of furan rings is 1. The molecule has 1 aromatic carbocycles. The number of carbonyl (C=O) groups is 3. The maximum atomic E-state index is 12.3. The highest BCUT2D eigenvalue weighted by Gasteiger charge is 2.26. The van der Waals surface area contributed by atoms with Crippen LogP contribution in [-0.4, -0.2) is 58.0 Å². The molecule has 0 aliphatic heterocycles. The fourth-order valence-corrected chi connectivity index (χ4v) is 3.78. The fourth-order valence-electron chi connectivity index (χ4n) is 3.37. The summed E-state index contributed by atoms with van der Waals surface area (Å²) in [6.07, 6.45) is 0.821. The van der Waals surface area contributed by atoms with Crippen molar-refractivity contribution in [2.45, 2.75) is 20.3 Å². The monoisotopic (exact) mass is 489 g/mol. The van der Waals surface area contributed by atoms with Crippen molar-refractivity contribution in [2.24, 2.45) is 5.41 Å². The average molecular weight is 490 g/mol. The molecule has 0 spiro atoms. The molecule has 0 aliphatic carbocycles. The summed E-state index contributed by atoms with van der Waals surface area (Å²) in [6, 6.07) is 10.6. The number of nitrogens with one attached hydrogen (secondary N) is 1. The van der Waals surface area contributed by atoms with Crippen molar-refractivity contribution in [3.05, 3.63) is 47.1 Å². The number of halogens is 1. The number of benzene rings is 1. The second kappa shape index (κ2) is 9.76. The number of aromatic nitrogens is 1. The van der Waals surface area contributed by atoms with Crippen LogP contribution in [0, 0.1) is 5.41 Å². The van der Waals surface area contributed by atoms with Gasteiger partial charge in [0.1, 0.15) is 12.3 Å². The molecule has 174 valence electrons. The van der Waals surface area contributed by atoms with E-state index in [-0.39, 0.29) is 24.0 Å². The van der Waals surface area contributed by atoms with Crippen molar-refractivity contribution in [2.75, 3.05) is 20.1 Å². The van der Waals surface area contributed by atoms with Crippen LogP contribution in [0.5, 0.6) is 0 Å². The first kappa shape index (κ1) is 24.5. The number of thiocarbonyl (C=S) groups is 1. The first-order valence-electron chi connectivity index (χ1n) is 10.1. The molecule has 0 unspecified atom stereocenters. The number of rotatable bonds is 8. The van der Waals surface area contributed by atoms with E-state index >= 15 is 0 Å². The van der Waals surface area contributed by atoms with E-state index < -0.39 is 11.4 Å². The van der Waals surface area contributed by atoms with Gasteiger partial charge < -0.3 is 19.7 Å². The molecule has 0 aliphatic rings. The molecule has 0 atom stereocenters. The minimum absolute atomic E-state index is 0.125. The van der Waals surface area contributed by atoms with Crippen molar-refractivity contribution in [3.8, 4) is 11.3 Å². The van der Waals surface area contributed by atoms with Gasteiger partial charge in [-0.2, -0.15) is 0 Å². The summed E-state index contributed by atoms with van der Waals surface area (Å²) in [5.41, 5.74) is 1.79. The van der Waals surface area contributed by atoms with Crippen molar-refractivity contribution < 1.29 is 23.9 Å². The summed E-state index contributed by atoms with van der Waals surface area (Å²) in [7, 11) is 1.45. The minimum Gasteiger partial charge on any atom is -0.480 e. The second-order valence-corrected chi connectivity index (χ2v) is 9.36. The number of fused-ring (bicyclic) bond motifs is 1. The van der Waals surface area contributed by atoms with Crippen LogP contribution in [0.25, 0.3) is 22.4 Å². The standard InChI is InChI=1S/C23H24ClN3O5S/c1-23(2,10-20(29)26(3)11-21(30)31)13-25-22(33)27-16(12-28)8-19-17(27)9-18(32-19)14-4-6-15(24)7-5-14/h4-9,12H,10-11,13H2,1-3H3,(H,25,33)(H,30,31). The number of carbonyl (C=O) groups excluding carboxylic acids is 2. The van der Waals surface area contributed by atoms with Gasteiger partial charge in [0, 0.05) is 42.7 Å². The van der Waals surface area contributed by atoms with Gasteiger partial charge in [-0.25, -0.2) is 0 Å². The molecule has 10 heteroatoms. The van der Waals surface area contributed by atoms with Crippen LogP contribution in [0.2, 0.25) is 5.02 Å². The molecule has 3 rings (SSSR count). The maximum absolute atomic E-state index is 12.3. The van der Waals surface area contributed by atoms with Crippen LogP contribution in [-0.2, 0) is 9.59 Å². The lowest BCUT2D eigenvalue weighted by atomic mass is 9.88. The zero-order valence-corrected chi connectivity index (χ0v) is 20.0. The Balaban J connectivity index is 1.77. The molecule has 0 bridgehead atoms. The Labute approximate surface area is 201 Å². The van der Waals surface area contributed by atoms with Crippen LogP contribution >= 0.6 is 23.8 Å². The van der Waals surface area contributed by atoms with E-state index in [2.05, 4.69) is 5.32 Å². The van der Waals surface area contributed by atoms with Gasteiger partial charge in [0.15, 0.2) is 17.0 Å². The van der Waals surface area contributed by atoms with E-state index in [0.29, 0.717) is 40.4 Å². The Kier molecular flexibility index (Phi) is 7.24. The number of aliphatic carboxylic acids is 1. The Hall–Kier alpha value is -3.17. The van der Waals surface area contributed by atoms with Crippen LogP contribution in [0.4, 0.5) is 0 Å². The first-order chi connectivity index (χ1) is 15.5. The summed E-state index contributed by atoms with van der Waals surface area (Å²) >= 11 is 11.5. The average Bonchev–Trinajstić information content (AvgIpc) is 3.29. The van der Waals surface area contributed by atoms with Crippen molar-refractivity contribution in [1.29, 1.82) is 0 Å². The van der Waals surface area contributed by atoms with Crippen molar-refractivity contribution in [1.82, 2.24) is 14.8 Å². The van der Waals surface area contributed by atoms with Crippen molar-refractivity contribution in [3.63, 3.8) is 0 Å². The largest absolute Gasteiger partial charge is 0.480 e. The van der Waals surface area contributed by atoms with Crippen LogP contribution < -0.4 is 5.32 Å². The minimum atomic E-state index is -1.07. The molecule has 3 aromatic rings. The van der Waals surface area contributed by atoms with E-state index in [1.165, 1.54) is 11.9 Å². The molecule has 33 heavy (non-hydrogen) atoms. The normalized spacial score (nSPS) is 11.4. The Morgan fingerprint density at radius 2 is 1.94 bits per heavy atom. The van der Waals surface area contributed by atoms with E-state index in [9.17, 15) is 14.4 Å². The molecule has 8 nitrogen and oxygen atoms in total. The second-order valence-electron chi connectivity index (χ2n) is 8.53. The number of carboxylic acids is 1. The van der Waals surface area contributed by atoms with E-state index in [1.807, 2.05) is 26.0 Å². The third-order valence-electron chi connectivity index (χ3n) is 5.12. The number of amides is 1. The fraction of sp³-hybridized carbons (Fsp3) is 0.304. The predicted octanol–water partition coefficient (Wildman–Crippen LogP) is 4.05. The van der Waals surface area contributed by atoms with Crippen LogP contribution in [0.1, 0.15) is 30.8 Å². The summed E-state index contributed by atoms with van der Waals surface area (Å²) in [4.78, 5) is 36.0. The van der Waals surface area contributed by atoms with Gasteiger partial charge in [0.2, 0.25) is 5.91 Å². The highest BCUT2D eigenvalue weighted by molar-refractivity contribution is 7.80. The van der Waals surface area contributed by atoms with Gasteiger partial charge in [-0.15, -0.1) is 0 Å². The number of likely N-dealkylation sites (N-methyl/N-ethyl adjacent to an activating group) is 1. The third kappa shape index (κ3) is 5.80. The Morgan fingerprint density at radius 3 is 2.55 bits per heavy atom. The summed E-state index contributed by atoms with van der Waals surface area (Å²) in [6.45, 7) is 3.72. The predicted molar refractivity (Wildman–Crippen MR) is 130 cm³/mol.